The molecule has 0 heterocycles. The van der Waals surface area contributed by atoms with E-state index in [9.17, 15) is 10.2 Å². The Morgan fingerprint density at radius 3 is 2.04 bits per heavy atom. The van der Waals surface area contributed by atoms with Gasteiger partial charge in [-0.05, 0) is 35.0 Å². The third-order valence-electron chi connectivity index (χ3n) is 4.34. The van der Waals surface area contributed by atoms with Crippen LogP contribution in [-0.2, 0) is 0 Å². The minimum atomic E-state index is 0.0937. The first-order valence-corrected chi connectivity index (χ1v) is 8.34. The lowest BCUT2D eigenvalue weighted by Gasteiger charge is -2.09. The van der Waals surface area contributed by atoms with Gasteiger partial charge in [-0.1, -0.05) is 72.5 Å². The van der Waals surface area contributed by atoms with Gasteiger partial charge in [0.25, 0.3) is 0 Å². The van der Waals surface area contributed by atoms with Crippen LogP contribution in [0.1, 0.15) is 11.1 Å². The van der Waals surface area contributed by atoms with Crippen LogP contribution < -0.4 is 0 Å². The second-order valence-electron chi connectivity index (χ2n) is 5.99. The monoisotopic (exact) mass is 336 g/mol. The molecule has 0 aliphatic rings. The van der Waals surface area contributed by atoms with Crippen LogP contribution in [0, 0.1) is 11.8 Å². The van der Waals surface area contributed by atoms with Crippen molar-refractivity contribution >= 4 is 10.8 Å². The van der Waals surface area contributed by atoms with Crippen LogP contribution in [0.15, 0.2) is 84.9 Å². The highest BCUT2D eigenvalue weighted by Gasteiger charge is 2.12. The van der Waals surface area contributed by atoms with E-state index in [1.54, 1.807) is 30.3 Å². The fourth-order valence-corrected chi connectivity index (χ4v) is 3.08. The maximum Gasteiger partial charge on any atom is 0.124 e. The van der Waals surface area contributed by atoms with Crippen molar-refractivity contribution < 1.29 is 10.2 Å². The highest BCUT2D eigenvalue weighted by Crippen LogP contribution is 2.37. The SMILES string of the molecule is Oc1ccccc1-c1c(O)cccc1C#Cc1cccc2ccccc12. The van der Waals surface area contributed by atoms with Crippen molar-refractivity contribution in [3.63, 3.8) is 0 Å². The molecule has 0 saturated carbocycles. The van der Waals surface area contributed by atoms with E-state index < -0.39 is 0 Å². The molecule has 0 aromatic heterocycles. The van der Waals surface area contributed by atoms with Gasteiger partial charge in [-0.25, -0.2) is 0 Å². The summed E-state index contributed by atoms with van der Waals surface area (Å²) < 4.78 is 0. The molecule has 4 aromatic rings. The fourth-order valence-electron chi connectivity index (χ4n) is 3.08. The molecule has 2 nitrogen and oxygen atoms in total. The van der Waals surface area contributed by atoms with Crippen molar-refractivity contribution in [1.29, 1.82) is 0 Å². The zero-order chi connectivity index (χ0) is 17.9. The van der Waals surface area contributed by atoms with Gasteiger partial charge in [-0.15, -0.1) is 0 Å². The van der Waals surface area contributed by atoms with Gasteiger partial charge in [0.1, 0.15) is 11.5 Å². The van der Waals surface area contributed by atoms with E-state index in [0.29, 0.717) is 16.7 Å². The quantitative estimate of drug-likeness (QED) is 0.462. The highest BCUT2D eigenvalue weighted by molar-refractivity contribution is 5.88. The van der Waals surface area contributed by atoms with Crippen LogP contribution in [0.3, 0.4) is 0 Å². The predicted molar refractivity (Wildman–Crippen MR) is 105 cm³/mol. The Morgan fingerprint density at radius 2 is 1.15 bits per heavy atom. The number of hydrogen-bond acceptors (Lipinski definition) is 2. The van der Waals surface area contributed by atoms with Crippen molar-refractivity contribution in [2.75, 3.05) is 0 Å². The maximum absolute atomic E-state index is 10.4. The van der Waals surface area contributed by atoms with E-state index in [0.717, 1.165) is 16.3 Å². The molecule has 2 N–H and O–H groups in total. The first kappa shape index (κ1) is 15.8. The average molecular weight is 336 g/mol. The molecule has 0 aliphatic carbocycles. The normalized spacial score (nSPS) is 10.3. The van der Waals surface area contributed by atoms with Gasteiger partial charge in [0.15, 0.2) is 0 Å². The molecule has 4 rings (SSSR count). The standard InChI is InChI=1S/C24H16O2/c25-22-13-4-3-12-21(22)24-19(10-6-14-23(24)26)16-15-18-9-5-8-17-7-1-2-11-20(17)18/h1-14,25-26H. The average Bonchev–Trinajstić information content (AvgIpc) is 2.67. The molecule has 2 heteroatoms. The molecule has 124 valence electrons. The Morgan fingerprint density at radius 1 is 0.538 bits per heavy atom. The van der Waals surface area contributed by atoms with Gasteiger partial charge in [-0.3, -0.25) is 0 Å². The van der Waals surface area contributed by atoms with Gasteiger partial charge < -0.3 is 10.2 Å². The summed E-state index contributed by atoms with van der Waals surface area (Å²) in [5.74, 6) is 6.59. The summed E-state index contributed by atoms with van der Waals surface area (Å²) in [6.45, 7) is 0. The molecule has 0 spiro atoms. The van der Waals surface area contributed by atoms with Gasteiger partial charge in [0, 0.05) is 22.3 Å². The molecule has 0 unspecified atom stereocenters. The second-order valence-corrected chi connectivity index (χ2v) is 5.99. The Kier molecular flexibility index (Phi) is 4.05. The first-order valence-electron chi connectivity index (χ1n) is 8.34. The zero-order valence-corrected chi connectivity index (χ0v) is 14.0. The largest absolute Gasteiger partial charge is 0.507 e. The van der Waals surface area contributed by atoms with Crippen molar-refractivity contribution in [3.8, 4) is 34.5 Å². The Labute approximate surface area is 152 Å². The molecular weight excluding hydrogens is 320 g/mol. The summed E-state index contributed by atoms with van der Waals surface area (Å²) in [5, 5.41) is 22.8. The summed E-state index contributed by atoms with van der Waals surface area (Å²) in [7, 11) is 0. The highest BCUT2D eigenvalue weighted by atomic mass is 16.3. The molecule has 0 radical (unpaired) electrons. The van der Waals surface area contributed by atoms with Gasteiger partial charge in [0.2, 0.25) is 0 Å². The number of phenols is 2. The van der Waals surface area contributed by atoms with Crippen LogP contribution in [-0.4, -0.2) is 10.2 Å². The topological polar surface area (TPSA) is 40.5 Å². The van der Waals surface area contributed by atoms with E-state index in [2.05, 4.69) is 24.0 Å². The Hall–Kier alpha value is -3.70. The lowest BCUT2D eigenvalue weighted by Crippen LogP contribution is -1.87. The molecule has 26 heavy (non-hydrogen) atoms. The van der Waals surface area contributed by atoms with Crippen LogP contribution in [0.25, 0.3) is 21.9 Å². The van der Waals surface area contributed by atoms with E-state index in [-0.39, 0.29) is 11.5 Å². The third kappa shape index (κ3) is 2.87. The van der Waals surface area contributed by atoms with Crippen LogP contribution >= 0.6 is 0 Å². The molecule has 0 atom stereocenters. The summed E-state index contributed by atoms with van der Waals surface area (Å²) in [4.78, 5) is 0. The number of hydrogen-bond donors (Lipinski definition) is 2. The lowest BCUT2D eigenvalue weighted by atomic mass is 9.97. The van der Waals surface area contributed by atoms with E-state index in [1.165, 1.54) is 0 Å². The minimum Gasteiger partial charge on any atom is -0.507 e. The number of fused-ring (bicyclic) bond motifs is 1. The van der Waals surface area contributed by atoms with Crippen molar-refractivity contribution in [2.24, 2.45) is 0 Å². The second kappa shape index (κ2) is 6.66. The number of phenolic OH excluding ortho intramolecular Hbond substituents is 2. The number of aromatic hydroxyl groups is 2. The predicted octanol–water partition coefficient (Wildman–Crippen LogP) is 5.32. The molecule has 0 fully saturated rings. The molecule has 0 aliphatic heterocycles. The number of benzene rings is 4. The van der Waals surface area contributed by atoms with Crippen molar-refractivity contribution in [2.45, 2.75) is 0 Å². The van der Waals surface area contributed by atoms with Crippen LogP contribution in [0.5, 0.6) is 11.5 Å². The van der Waals surface area contributed by atoms with Gasteiger partial charge in [0.05, 0.1) is 0 Å². The number of rotatable bonds is 1. The smallest absolute Gasteiger partial charge is 0.124 e. The van der Waals surface area contributed by atoms with Crippen LogP contribution in [0.4, 0.5) is 0 Å². The van der Waals surface area contributed by atoms with Crippen molar-refractivity contribution in [1.82, 2.24) is 0 Å². The van der Waals surface area contributed by atoms with E-state index in [4.69, 9.17) is 0 Å². The fraction of sp³-hybridized carbons (Fsp3) is 0. The van der Waals surface area contributed by atoms with Gasteiger partial charge in [-0.2, -0.15) is 0 Å². The summed E-state index contributed by atoms with van der Waals surface area (Å²) in [6, 6.07) is 26.3. The van der Waals surface area contributed by atoms with E-state index in [1.807, 2.05) is 42.5 Å². The minimum absolute atomic E-state index is 0.0937. The zero-order valence-electron chi connectivity index (χ0n) is 14.0. The molecule has 4 aromatic carbocycles. The van der Waals surface area contributed by atoms with Gasteiger partial charge >= 0.3 is 0 Å². The summed E-state index contributed by atoms with van der Waals surface area (Å²) in [6.07, 6.45) is 0. The Balaban J connectivity index is 1.88. The molecule has 0 saturated heterocycles. The Bertz CT molecular complexity index is 1160. The van der Waals surface area contributed by atoms with Crippen LogP contribution in [0.2, 0.25) is 0 Å². The molecule has 0 amide bonds. The molecular formula is C24H16O2. The van der Waals surface area contributed by atoms with Crippen molar-refractivity contribution in [3.05, 3.63) is 96.1 Å². The summed E-state index contributed by atoms with van der Waals surface area (Å²) in [5.41, 5.74) is 2.69. The maximum atomic E-state index is 10.4. The summed E-state index contributed by atoms with van der Waals surface area (Å²) >= 11 is 0. The number of para-hydroxylation sites is 1. The van der Waals surface area contributed by atoms with E-state index >= 15 is 0 Å². The molecule has 0 bridgehead atoms. The lowest BCUT2D eigenvalue weighted by molar-refractivity contribution is 0.469. The third-order valence-corrected chi connectivity index (χ3v) is 4.34. The first-order chi connectivity index (χ1) is 12.7.